The highest BCUT2D eigenvalue weighted by atomic mass is 15.0. The molecule has 0 aliphatic carbocycles. The molecule has 0 fully saturated rings. The van der Waals surface area contributed by atoms with Gasteiger partial charge in [0.25, 0.3) is 0 Å². The van der Waals surface area contributed by atoms with Crippen LogP contribution < -0.4 is 5.32 Å². The zero-order valence-electron chi connectivity index (χ0n) is 10.8. The van der Waals surface area contributed by atoms with Crippen molar-refractivity contribution in [3.05, 3.63) is 47.7 Å². The number of pyridine rings is 1. The van der Waals surface area contributed by atoms with Crippen LogP contribution in [0.15, 0.2) is 30.7 Å². The topological polar surface area (TPSA) is 50.7 Å². The molecule has 4 heteroatoms. The summed E-state index contributed by atoms with van der Waals surface area (Å²) in [5, 5.41) is 3.29. The second kappa shape index (κ2) is 6.10. The van der Waals surface area contributed by atoms with E-state index in [-0.39, 0.29) is 0 Å². The Labute approximate surface area is 108 Å². The molecule has 0 saturated carbocycles. The minimum absolute atomic E-state index is 0.732. The van der Waals surface area contributed by atoms with Gasteiger partial charge in [0.15, 0.2) is 0 Å². The van der Waals surface area contributed by atoms with Crippen LogP contribution in [0.5, 0.6) is 0 Å². The van der Waals surface area contributed by atoms with Crippen LogP contribution in [0, 0.1) is 6.92 Å². The average molecular weight is 242 g/mol. The molecule has 2 aromatic rings. The van der Waals surface area contributed by atoms with Gasteiger partial charge in [-0.05, 0) is 25.0 Å². The quantitative estimate of drug-likeness (QED) is 0.876. The van der Waals surface area contributed by atoms with Crippen LogP contribution in [-0.4, -0.2) is 15.0 Å². The van der Waals surface area contributed by atoms with E-state index in [9.17, 15) is 0 Å². The molecule has 0 amide bonds. The van der Waals surface area contributed by atoms with E-state index in [1.807, 2.05) is 25.3 Å². The molecular formula is C14H18N4. The molecule has 2 heterocycles. The molecule has 2 rings (SSSR count). The lowest BCUT2D eigenvalue weighted by Gasteiger charge is -2.06. The van der Waals surface area contributed by atoms with Crippen LogP contribution in [0.4, 0.5) is 5.82 Å². The van der Waals surface area contributed by atoms with E-state index in [2.05, 4.69) is 33.3 Å². The van der Waals surface area contributed by atoms with Crippen molar-refractivity contribution >= 4 is 5.82 Å². The third-order valence-electron chi connectivity index (χ3n) is 2.68. The second-order valence-corrected chi connectivity index (χ2v) is 4.31. The summed E-state index contributed by atoms with van der Waals surface area (Å²) in [6.07, 6.45) is 5.58. The Bertz CT molecular complexity index is 493. The molecule has 1 N–H and O–H groups in total. The number of aryl methyl sites for hydroxylation is 2. The van der Waals surface area contributed by atoms with Gasteiger partial charge >= 0.3 is 0 Å². The Morgan fingerprint density at radius 3 is 2.78 bits per heavy atom. The first kappa shape index (κ1) is 12.5. The SMILES string of the molecule is CCCc1cc(NCc2ccc(C)nc2)ncn1. The summed E-state index contributed by atoms with van der Waals surface area (Å²) in [4.78, 5) is 12.7. The third kappa shape index (κ3) is 3.52. The maximum atomic E-state index is 4.27. The van der Waals surface area contributed by atoms with Gasteiger partial charge in [-0.2, -0.15) is 0 Å². The van der Waals surface area contributed by atoms with E-state index in [0.717, 1.165) is 42.2 Å². The fraction of sp³-hybridized carbons (Fsp3) is 0.357. The van der Waals surface area contributed by atoms with Crippen LogP contribution in [0.3, 0.4) is 0 Å². The summed E-state index contributed by atoms with van der Waals surface area (Å²) >= 11 is 0. The number of anilines is 1. The first-order chi connectivity index (χ1) is 8.78. The molecule has 0 aliphatic heterocycles. The Kier molecular flexibility index (Phi) is 4.23. The highest BCUT2D eigenvalue weighted by Crippen LogP contribution is 2.08. The monoisotopic (exact) mass is 242 g/mol. The van der Waals surface area contributed by atoms with Crippen molar-refractivity contribution in [1.82, 2.24) is 15.0 Å². The van der Waals surface area contributed by atoms with Gasteiger partial charge in [-0.3, -0.25) is 4.98 Å². The molecule has 4 nitrogen and oxygen atoms in total. The van der Waals surface area contributed by atoms with E-state index in [4.69, 9.17) is 0 Å². The van der Waals surface area contributed by atoms with Crippen molar-refractivity contribution in [2.45, 2.75) is 33.2 Å². The van der Waals surface area contributed by atoms with Crippen molar-refractivity contribution in [2.24, 2.45) is 0 Å². The summed E-state index contributed by atoms with van der Waals surface area (Å²) in [5.74, 6) is 0.869. The molecule has 0 unspecified atom stereocenters. The Morgan fingerprint density at radius 2 is 2.06 bits per heavy atom. The molecule has 0 spiro atoms. The Hall–Kier alpha value is -1.97. The Morgan fingerprint density at radius 1 is 1.17 bits per heavy atom. The van der Waals surface area contributed by atoms with Crippen LogP contribution in [0.2, 0.25) is 0 Å². The molecule has 2 aromatic heterocycles. The van der Waals surface area contributed by atoms with Gasteiger partial charge in [-0.1, -0.05) is 19.4 Å². The van der Waals surface area contributed by atoms with E-state index in [0.29, 0.717) is 0 Å². The molecule has 0 atom stereocenters. The molecule has 18 heavy (non-hydrogen) atoms. The highest BCUT2D eigenvalue weighted by Gasteiger charge is 1.98. The van der Waals surface area contributed by atoms with Crippen molar-refractivity contribution in [3.63, 3.8) is 0 Å². The first-order valence-corrected chi connectivity index (χ1v) is 6.24. The number of rotatable bonds is 5. The zero-order chi connectivity index (χ0) is 12.8. The third-order valence-corrected chi connectivity index (χ3v) is 2.68. The lowest BCUT2D eigenvalue weighted by Crippen LogP contribution is -2.03. The van der Waals surface area contributed by atoms with Crippen LogP contribution in [0.1, 0.15) is 30.3 Å². The Balaban J connectivity index is 1.97. The van der Waals surface area contributed by atoms with Gasteiger partial charge in [0, 0.05) is 30.2 Å². The zero-order valence-corrected chi connectivity index (χ0v) is 10.8. The van der Waals surface area contributed by atoms with Crippen LogP contribution >= 0.6 is 0 Å². The first-order valence-electron chi connectivity index (χ1n) is 6.24. The van der Waals surface area contributed by atoms with Gasteiger partial charge in [-0.15, -0.1) is 0 Å². The van der Waals surface area contributed by atoms with Crippen molar-refractivity contribution in [1.29, 1.82) is 0 Å². The largest absolute Gasteiger partial charge is 0.366 e. The summed E-state index contributed by atoms with van der Waals surface area (Å²) in [6, 6.07) is 6.09. The fourth-order valence-corrected chi connectivity index (χ4v) is 1.68. The maximum absolute atomic E-state index is 4.27. The van der Waals surface area contributed by atoms with Gasteiger partial charge in [0.2, 0.25) is 0 Å². The number of nitrogens with one attached hydrogen (secondary N) is 1. The van der Waals surface area contributed by atoms with Crippen molar-refractivity contribution in [2.75, 3.05) is 5.32 Å². The number of nitrogens with zero attached hydrogens (tertiary/aromatic N) is 3. The number of aromatic nitrogens is 3. The second-order valence-electron chi connectivity index (χ2n) is 4.31. The van der Waals surface area contributed by atoms with E-state index in [1.165, 1.54) is 0 Å². The van der Waals surface area contributed by atoms with E-state index in [1.54, 1.807) is 6.33 Å². The standard InChI is InChI=1S/C14H18N4/c1-3-4-13-7-14(18-10-17-13)16-9-12-6-5-11(2)15-8-12/h5-8,10H,3-4,9H2,1-2H3,(H,16,17,18). The van der Waals surface area contributed by atoms with Gasteiger partial charge in [0.1, 0.15) is 12.1 Å². The molecule has 0 bridgehead atoms. The fourth-order valence-electron chi connectivity index (χ4n) is 1.68. The minimum Gasteiger partial charge on any atom is -0.366 e. The predicted octanol–water partition coefficient (Wildman–Crippen LogP) is 2.74. The minimum atomic E-state index is 0.732. The van der Waals surface area contributed by atoms with Gasteiger partial charge in [-0.25, -0.2) is 9.97 Å². The summed E-state index contributed by atoms with van der Waals surface area (Å²) in [5.41, 5.74) is 3.26. The molecular weight excluding hydrogens is 224 g/mol. The number of hydrogen-bond donors (Lipinski definition) is 1. The van der Waals surface area contributed by atoms with Crippen molar-refractivity contribution < 1.29 is 0 Å². The summed E-state index contributed by atoms with van der Waals surface area (Å²) < 4.78 is 0. The summed E-state index contributed by atoms with van der Waals surface area (Å²) in [7, 11) is 0. The predicted molar refractivity (Wildman–Crippen MR) is 72.3 cm³/mol. The van der Waals surface area contributed by atoms with Gasteiger partial charge < -0.3 is 5.32 Å². The van der Waals surface area contributed by atoms with E-state index >= 15 is 0 Å². The normalized spacial score (nSPS) is 10.3. The van der Waals surface area contributed by atoms with Crippen LogP contribution in [0.25, 0.3) is 0 Å². The van der Waals surface area contributed by atoms with E-state index < -0.39 is 0 Å². The lowest BCUT2D eigenvalue weighted by molar-refractivity contribution is 0.871. The molecule has 0 saturated heterocycles. The van der Waals surface area contributed by atoms with Crippen LogP contribution in [-0.2, 0) is 13.0 Å². The van der Waals surface area contributed by atoms with Crippen molar-refractivity contribution in [3.8, 4) is 0 Å². The van der Waals surface area contributed by atoms with Gasteiger partial charge in [0.05, 0.1) is 0 Å². The maximum Gasteiger partial charge on any atom is 0.129 e. The smallest absolute Gasteiger partial charge is 0.129 e. The molecule has 0 radical (unpaired) electrons. The molecule has 94 valence electrons. The number of hydrogen-bond acceptors (Lipinski definition) is 4. The summed E-state index contributed by atoms with van der Waals surface area (Å²) in [6.45, 7) is 4.86. The lowest BCUT2D eigenvalue weighted by atomic mass is 10.2. The molecule has 0 aliphatic rings. The average Bonchev–Trinajstić information content (AvgIpc) is 2.39. The highest BCUT2D eigenvalue weighted by molar-refractivity contribution is 5.35. The molecule has 0 aromatic carbocycles.